The minimum absolute atomic E-state index is 0.275. The summed E-state index contributed by atoms with van der Waals surface area (Å²) in [5.74, 6) is -1.48. The number of benzene rings is 1. The van der Waals surface area contributed by atoms with Crippen LogP contribution in [0.2, 0.25) is 0 Å². The monoisotopic (exact) mass is 323 g/mol. The van der Waals surface area contributed by atoms with Crippen molar-refractivity contribution in [2.24, 2.45) is 0 Å². The van der Waals surface area contributed by atoms with Crippen LogP contribution in [-0.2, 0) is 0 Å². The zero-order valence-corrected chi connectivity index (χ0v) is 13.8. The van der Waals surface area contributed by atoms with Gasteiger partial charge in [0.1, 0.15) is 5.69 Å². The second-order valence-corrected chi connectivity index (χ2v) is 5.89. The minimum atomic E-state index is -0.812. The number of Topliss-reactive ketones (excluding diaryl/α,β-unsaturated/α-hetero) is 1. The van der Waals surface area contributed by atoms with Crippen molar-refractivity contribution >= 4 is 11.3 Å². The Morgan fingerprint density at radius 1 is 1.21 bits per heavy atom. The maximum Gasteiger partial charge on any atom is 0.227 e. The van der Waals surface area contributed by atoms with Crippen LogP contribution < -0.4 is 0 Å². The number of halogens is 1. The zero-order valence-electron chi connectivity index (χ0n) is 13.8. The summed E-state index contributed by atoms with van der Waals surface area (Å²) in [6, 6.07) is 13.1. The van der Waals surface area contributed by atoms with Gasteiger partial charge in [-0.1, -0.05) is 29.8 Å². The smallest absolute Gasteiger partial charge is 0.227 e. The summed E-state index contributed by atoms with van der Waals surface area (Å²) >= 11 is 0. The molecule has 0 aliphatic rings. The van der Waals surface area contributed by atoms with E-state index in [-0.39, 0.29) is 5.56 Å². The molecule has 3 aromatic rings. The SMILES string of the molecule is Cc1cccc(-c2nn3ccccc3c2C(=O)/C(F)=C/N(C)C)c1. The lowest BCUT2D eigenvalue weighted by molar-refractivity contribution is 0.100. The Labute approximate surface area is 139 Å². The maximum atomic E-state index is 14.3. The molecule has 0 N–H and O–H groups in total. The number of aryl methyl sites for hydroxylation is 1. The average Bonchev–Trinajstić information content (AvgIpc) is 2.93. The summed E-state index contributed by atoms with van der Waals surface area (Å²) in [6.45, 7) is 1.97. The molecule has 0 aliphatic carbocycles. The van der Waals surface area contributed by atoms with Gasteiger partial charge in [0.05, 0.1) is 11.1 Å². The molecule has 122 valence electrons. The molecular formula is C19H18FN3O. The van der Waals surface area contributed by atoms with E-state index in [0.717, 1.165) is 11.1 Å². The van der Waals surface area contributed by atoms with Gasteiger partial charge in [-0.05, 0) is 25.1 Å². The highest BCUT2D eigenvalue weighted by Gasteiger charge is 2.24. The van der Waals surface area contributed by atoms with E-state index in [0.29, 0.717) is 11.2 Å². The highest BCUT2D eigenvalue weighted by atomic mass is 19.1. The third-order valence-corrected chi connectivity index (χ3v) is 3.65. The molecule has 0 saturated heterocycles. The van der Waals surface area contributed by atoms with E-state index in [4.69, 9.17) is 0 Å². The fourth-order valence-corrected chi connectivity index (χ4v) is 2.62. The van der Waals surface area contributed by atoms with Gasteiger partial charge in [0.15, 0.2) is 5.83 Å². The Morgan fingerprint density at radius 3 is 2.71 bits per heavy atom. The number of allylic oxidation sites excluding steroid dienone is 1. The molecule has 3 rings (SSSR count). The first-order valence-electron chi connectivity index (χ1n) is 7.60. The molecule has 2 aromatic heterocycles. The molecule has 24 heavy (non-hydrogen) atoms. The normalized spacial score (nSPS) is 11.8. The first-order valence-corrected chi connectivity index (χ1v) is 7.60. The van der Waals surface area contributed by atoms with Gasteiger partial charge in [-0.15, -0.1) is 0 Å². The van der Waals surface area contributed by atoms with Gasteiger partial charge in [0.25, 0.3) is 0 Å². The highest BCUT2D eigenvalue weighted by molar-refractivity contribution is 6.15. The number of pyridine rings is 1. The van der Waals surface area contributed by atoms with Gasteiger partial charge in [0.2, 0.25) is 5.78 Å². The summed E-state index contributed by atoms with van der Waals surface area (Å²) < 4.78 is 16.0. The number of hydrogen-bond donors (Lipinski definition) is 0. The van der Waals surface area contributed by atoms with Crippen LogP contribution in [0.1, 0.15) is 15.9 Å². The van der Waals surface area contributed by atoms with Gasteiger partial charge >= 0.3 is 0 Å². The lowest BCUT2D eigenvalue weighted by Gasteiger charge is -2.06. The quantitative estimate of drug-likeness (QED) is 0.540. The van der Waals surface area contributed by atoms with Crippen LogP contribution in [0.3, 0.4) is 0 Å². The number of carbonyl (C=O) groups is 1. The van der Waals surface area contributed by atoms with Gasteiger partial charge in [-0.3, -0.25) is 4.79 Å². The molecule has 1 aromatic carbocycles. The van der Waals surface area contributed by atoms with Gasteiger partial charge in [-0.25, -0.2) is 8.91 Å². The Morgan fingerprint density at radius 2 is 2.00 bits per heavy atom. The molecule has 4 nitrogen and oxygen atoms in total. The Balaban J connectivity index is 2.25. The number of carbonyl (C=O) groups excluding carboxylic acids is 1. The number of hydrogen-bond acceptors (Lipinski definition) is 3. The van der Waals surface area contributed by atoms with Crippen LogP contribution in [0.5, 0.6) is 0 Å². The molecule has 0 spiro atoms. The molecule has 5 heteroatoms. The van der Waals surface area contributed by atoms with E-state index in [1.54, 1.807) is 36.9 Å². The van der Waals surface area contributed by atoms with Crippen molar-refractivity contribution in [2.45, 2.75) is 6.92 Å². The van der Waals surface area contributed by atoms with Crippen LogP contribution in [0.4, 0.5) is 4.39 Å². The van der Waals surface area contributed by atoms with Gasteiger partial charge in [-0.2, -0.15) is 5.10 Å². The fraction of sp³-hybridized carbons (Fsp3) is 0.158. The number of rotatable bonds is 4. The first-order chi connectivity index (χ1) is 11.5. The van der Waals surface area contributed by atoms with Crippen LogP contribution in [0.15, 0.2) is 60.7 Å². The molecular weight excluding hydrogens is 305 g/mol. The molecule has 0 amide bonds. The summed E-state index contributed by atoms with van der Waals surface area (Å²) in [5.41, 5.74) is 3.18. The summed E-state index contributed by atoms with van der Waals surface area (Å²) in [4.78, 5) is 14.2. The van der Waals surface area contributed by atoms with E-state index in [1.165, 1.54) is 11.1 Å². The van der Waals surface area contributed by atoms with Crippen molar-refractivity contribution < 1.29 is 9.18 Å². The van der Waals surface area contributed by atoms with Crippen molar-refractivity contribution in [1.29, 1.82) is 0 Å². The third kappa shape index (κ3) is 2.93. The zero-order chi connectivity index (χ0) is 17.3. The van der Waals surface area contributed by atoms with Crippen molar-refractivity contribution in [3.05, 3.63) is 71.8 Å². The molecule has 0 bridgehead atoms. The van der Waals surface area contributed by atoms with E-state index < -0.39 is 11.6 Å². The minimum Gasteiger partial charge on any atom is -0.381 e. The van der Waals surface area contributed by atoms with Crippen LogP contribution in [0.25, 0.3) is 16.8 Å². The molecule has 0 radical (unpaired) electrons. The maximum absolute atomic E-state index is 14.3. The lowest BCUT2D eigenvalue weighted by Crippen LogP contribution is -2.08. The van der Waals surface area contributed by atoms with Crippen LogP contribution >= 0.6 is 0 Å². The average molecular weight is 323 g/mol. The Bertz CT molecular complexity index is 941. The van der Waals surface area contributed by atoms with E-state index in [2.05, 4.69) is 5.10 Å². The van der Waals surface area contributed by atoms with Crippen LogP contribution in [-0.4, -0.2) is 34.4 Å². The lowest BCUT2D eigenvalue weighted by atomic mass is 10.0. The molecule has 0 aliphatic heterocycles. The summed E-state index contributed by atoms with van der Waals surface area (Å²) in [7, 11) is 3.34. The molecule has 0 saturated carbocycles. The van der Waals surface area contributed by atoms with Gasteiger partial charge < -0.3 is 4.90 Å². The van der Waals surface area contributed by atoms with E-state index in [1.807, 2.05) is 37.3 Å². The van der Waals surface area contributed by atoms with E-state index >= 15 is 0 Å². The van der Waals surface area contributed by atoms with Crippen molar-refractivity contribution in [3.63, 3.8) is 0 Å². The highest BCUT2D eigenvalue weighted by Crippen LogP contribution is 2.29. The predicted molar refractivity (Wildman–Crippen MR) is 92.6 cm³/mol. The van der Waals surface area contributed by atoms with Crippen molar-refractivity contribution in [3.8, 4) is 11.3 Å². The number of fused-ring (bicyclic) bond motifs is 1. The van der Waals surface area contributed by atoms with Crippen LogP contribution in [0, 0.1) is 6.92 Å². The number of aromatic nitrogens is 2. The topological polar surface area (TPSA) is 37.6 Å². The molecule has 0 fully saturated rings. The van der Waals surface area contributed by atoms with E-state index in [9.17, 15) is 9.18 Å². The number of ketones is 1. The number of nitrogens with zero attached hydrogens (tertiary/aromatic N) is 3. The first kappa shape index (κ1) is 15.9. The third-order valence-electron chi connectivity index (χ3n) is 3.65. The van der Waals surface area contributed by atoms with Crippen molar-refractivity contribution in [1.82, 2.24) is 14.5 Å². The van der Waals surface area contributed by atoms with Gasteiger partial charge in [0, 0.05) is 32.1 Å². The summed E-state index contributed by atoms with van der Waals surface area (Å²) in [5, 5.41) is 4.49. The Hall–Kier alpha value is -2.95. The summed E-state index contributed by atoms with van der Waals surface area (Å²) in [6.07, 6.45) is 2.92. The molecule has 0 unspecified atom stereocenters. The predicted octanol–water partition coefficient (Wildman–Crippen LogP) is 3.86. The Kier molecular flexibility index (Phi) is 4.16. The standard InChI is InChI=1S/C19H18FN3O/c1-13-7-6-8-14(11-13)18-17(19(24)15(20)12-22(2)3)16-9-4-5-10-23(16)21-18/h4-12H,1-3H3/b15-12-. The second-order valence-electron chi connectivity index (χ2n) is 5.89. The second kappa shape index (κ2) is 6.28. The molecule has 0 atom stereocenters. The molecule has 2 heterocycles. The van der Waals surface area contributed by atoms with Crippen molar-refractivity contribution in [2.75, 3.05) is 14.1 Å². The largest absolute Gasteiger partial charge is 0.381 e. The fourth-order valence-electron chi connectivity index (χ4n) is 2.62.